The van der Waals surface area contributed by atoms with Gasteiger partial charge in [0.2, 0.25) is 0 Å². The summed E-state index contributed by atoms with van der Waals surface area (Å²) in [4.78, 5) is 51.3. The molecule has 1 aliphatic rings. The van der Waals surface area contributed by atoms with Gasteiger partial charge in [-0.3, -0.25) is 9.59 Å². The summed E-state index contributed by atoms with van der Waals surface area (Å²) in [6.07, 6.45) is 0. The largest absolute Gasteiger partial charge is 0.497 e. The molecule has 0 saturated carbocycles. The van der Waals surface area contributed by atoms with Crippen LogP contribution in [0.15, 0.2) is 83.5 Å². The minimum Gasteiger partial charge on any atom is -0.497 e. The second-order valence-corrected chi connectivity index (χ2v) is 7.79. The zero-order valence-corrected chi connectivity index (χ0v) is 19.9. The monoisotopic (exact) mass is 506 g/mol. The number of methoxy groups -OCH3 is 2. The van der Waals surface area contributed by atoms with Gasteiger partial charge in [0, 0.05) is 11.8 Å². The Morgan fingerprint density at radius 1 is 0.833 bits per heavy atom. The summed E-state index contributed by atoms with van der Waals surface area (Å²) in [5, 5.41) is 2.47. The molecule has 0 bridgehead atoms. The number of benzene rings is 3. The number of hydrogen-bond donors (Lipinski definition) is 1. The van der Waals surface area contributed by atoms with E-state index in [1.807, 2.05) is 0 Å². The fourth-order valence-electron chi connectivity index (χ4n) is 3.45. The van der Waals surface area contributed by atoms with Crippen molar-refractivity contribution in [2.24, 2.45) is 0 Å². The molecule has 0 fully saturated rings. The number of esters is 2. The van der Waals surface area contributed by atoms with Gasteiger partial charge < -0.3 is 19.5 Å². The molecule has 0 spiro atoms. The van der Waals surface area contributed by atoms with E-state index in [2.05, 4.69) is 5.32 Å². The lowest BCUT2D eigenvalue weighted by Gasteiger charge is -2.17. The van der Waals surface area contributed by atoms with Gasteiger partial charge in [0.1, 0.15) is 22.2 Å². The second-order valence-electron chi connectivity index (χ2n) is 7.41. The molecule has 4 rings (SSSR count). The lowest BCUT2D eigenvalue weighted by atomic mass is 10.1. The Hall–Kier alpha value is -4.63. The van der Waals surface area contributed by atoms with Crippen molar-refractivity contribution in [3.8, 4) is 11.5 Å². The molecule has 0 unspecified atom stereocenters. The molecule has 36 heavy (non-hydrogen) atoms. The molecule has 0 saturated heterocycles. The molecular weight excluding hydrogens is 488 g/mol. The van der Waals surface area contributed by atoms with Crippen LogP contribution in [0.2, 0.25) is 0 Å². The van der Waals surface area contributed by atoms with E-state index < -0.39 is 23.8 Å². The van der Waals surface area contributed by atoms with Gasteiger partial charge in [-0.15, -0.1) is 0 Å². The zero-order valence-electron chi connectivity index (χ0n) is 19.1. The molecule has 1 heterocycles. The van der Waals surface area contributed by atoms with Gasteiger partial charge in [0.25, 0.3) is 11.8 Å². The smallest absolute Gasteiger partial charge is 0.343 e. The van der Waals surface area contributed by atoms with Crippen molar-refractivity contribution in [3.05, 3.63) is 94.7 Å². The molecule has 0 aromatic heterocycles. The number of nitrogens with zero attached hydrogens (tertiary/aromatic N) is 1. The van der Waals surface area contributed by atoms with E-state index in [0.717, 1.165) is 4.90 Å². The van der Waals surface area contributed by atoms with Crippen LogP contribution in [0.1, 0.15) is 20.7 Å². The van der Waals surface area contributed by atoms with E-state index in [4.69, 9.17) is 25.8 Å². The number of hydrogen-bond acceptors (Lipinski definition) is 8. The van der Waals surface area contributed by atoms with E-state index in [0.29, 0.717) is 17.2 Å². The van der Waals surface area contributed by atoms with Crippen LogP contribution in [0.3, 0.4) is 0 Å². The van der Waals surface area contributed by atoms with Crippen LogP contribution in [-0.2, 0) is 14.3 Å². The van der Waals surface area contributed by atoms with Crippen molar-refractivity contribution >= 4 is 46.7 Å². The van der Waals surface area contributed by atoms with Crippen LogP contribution >= 0.6 is 11.6 Å². The quantitative estimate of drug-likeness (QED) is 0.289. The number of anilines is 2. The summed E-state index contributed by atoms with van der Waals surface area (Å²) in [5.74, 6) is -1.98. The van der Waals surface area contributed by atoms with Crippen molar-refractivity contribution in [3.63, 3.8) is 0 Å². The SMILES string of the molecule is COC(=O)c1ccccc1N1C(=O)C(Cl)=C(Nc2ccc(C(=O)Oc3cccc(OC)c3)cc2)C1=O. The van der Waals surface area contributed by atoms with Crippen LogP contribution in [0.25, 0.3) is 0 Å². The molecule has 9 nitrogen and oxygen atoms in total. The topological polar surface area (TPSA) is 111 Å². The first-order valence-electron chi connectivity index (χ1n) is 10.5. The fourth-order valence-corrected chi connectivity index (χ4v) is 3.66. The van der Waals surface area contributed by atoms with E-state index >= 15 is 0 Å². The van der Waals surface area contributed by atoms with E-state index in [1.165, 1.54) is 50.6 Å². The number of amides is 2. The molecule has 0 aliphatic carbocycles. The Morgan fingerprint density at radius 2 is 1.53 bits per heavy atom. The van der Waals surface area contributed by atoms with Crippen LogP contribution < -0.4 is 19.7 Å². The van der Waals surface area contributed by atoms with Crippen LogP contribution in [0.5, 0.6) is 11.5 Å². The minimum absolute atomic E-state index is 0.0336. The summed E-state index contributed by atoms with van der Waals surface area (Å²) in [5.41, 5.74) is 0.556. The highest BCUT2D eigenvalue weighted by atomic mass is 35.5. The Balaban J connectivity index is 1.51. The normalized spacial score (nSPS) is 13.0. The number of ether oxygens (including phenoxy) is 3. The van der Waals surface area contributed by atoms with E-state index in [1.54, 1.807) is 36.4 Å². The molecule has 2 amide bonds. The highest BCUT2D eigenvalue weighted by Crippen LogP contribution is 2.32. The molecule has 182 valence electrons. The predicted molar refractivity (Wildman–Crippen MR) is 131 cm³/mol. The lowest BCUT2D eigenvalue weighted by Crippen LogP contribution is -2.33. The molecular formula is C26H19ClN2O7. The Morgan fingerprint density at radius 3 is 2.22 bits per heavy atom. The number of rotatable bonds is 7. The third kappa shape index (κ3) is 4.77. The maximum Gasteiger partial charge on any atom is 0.343 e. The first-order chi connectivity index (χ1) is 17.3. The summed E-state index contributed by atoms with van der Waals surface area (Å²) in [6.45, 7) is 0. The van der Waals surface area contributed by atoms with Gasteiger partial charge in [-0.1, -0.05) is 29.8 Å². The Labute approximate surface area is 210 Å². The average Bonchev–Trinajstić information content (AvgIpc) is 3.11. The molecule has 1 N–H and O–H groups in total. The number of carbonyl (C=O) groups excluding carboxylic acids is 4. The molecule has 3 aromatic rings. The molecule has 3 aromatic carbocycles. The third-order valence-electron chi connectivity index (χ3n) is 5.22. The van der Waals surface area contributed by atoms with Crippen molar-refractivity contribution in [2.75, 3.05) is 24.4 Å². The summed E-state index contributed by atoms with van der Waals surface area (Å²) in [6, 6.07) is 18.7. The van der Waals surface area contributed by atoms with Crippen LogP contribution in [0.4, 0.5) is 11.4 Å². The highest BCUT2D eigenvalue weighted by molar-refractivity contribution is 6.53. The van der Waals surface area contributed by atoms with Gasteiger partial charge >= 0.3 is 11.9 Å². The number of imide groups is 1. The Bertz CT molecular complexity index is 1400. The van der Waals surface area contributed by atoms with Crippen molar-refractivity contribution in [1.82, 2.24) is 0 Å². The van der Waals surface area contributed by atoms with E-state index in [9.17, 15) is 19.2 Å². The summed E-state index contributed by atoms with van der Waals surface area (Å²) in [7, 11) is 2.70. The highest BCUT2D eigenvalue weighted by Gasteiger charge is 2.40. The van der Waals surface area contributed by atoms with Gasteiger partial charge in [-0.05, 0) is 48.5 Å². The zero-order chi connectivity index (χ0) is 25.8. The van der Waals surface area contributed by atoms with Gasteiger partial charge in [-0.25, -0.2) is 14.5 Å². The lowest BCUT2D eigenvalue weighted by molar-refractivity contribution is -0.120. The van der Waals surface area contributed by atoms with Gasteiger partial charge in [0.15, 0.2) is 0 Å². The number of halogens is 1. The van der Waals surface area contributed by atoms with Crippen molar-refractivity contribution in [2.45, 2.75) is 0 Å². The fraction of sp³-hybridized carbons (Fsp3) is 0.0769. The Kier molecular flexibility index (Phi) is 7.03. The number of carbonyl (C=O) groups is 4. The average molecular weight is 507 g/mol. The summed E-state index contributed by atoms with van der Waals surface area (Å²) < 4.78 is 15.2. The third-order valence-corrected chi connectivity index (χ3v) is 5.57. The molecule has 10 heteroatoms. The molecule has 0 radical (unpaired) electrons. The van der Waals surface area contributed by atoms with Crippen LogP contribution in [-0.4, -0.2) is 38.0 Å². The number of para-hydroxylation sites is 1. The maximum atomic E-state index is 13.1. The van der Waals surface area contributed by atoms with Crippen LogP contribution in [0, 0.1) is 0 Å². The van der Waals surface area contributed by atoms with Crippen molar-refractivity contribution in [1.29, 1.82) is 0 Å². The molecule has 1 aliphatic heterocycles. The van der Waals surface area contributed by atoms with E-state index in [-0.39, 0.29) is 27.5 Å². The maximum absolute atomic E-state index is 13.1. The number of nitrogens with one attached hydrogen (secondary N) is 1. The second kappa shape index (κ2) is 10.3. The van der Waals surface area contributed by atoms with Gasteiger partial charge in [0.05, 0.1) is 31.0 Å². The standard InChI is InChI=1S/C26H19ClN2O7/c1-34-17-6-5-7-18(14-17)36-25(32)15-10-12-16(13-11-15)28-22-21(27)23(30)29(24(22)31)20-9-4-3-8-19(20)26(33)35-2/h3-14,28H,1-2H3. The predicted octanol–water partition coefficient (Wildman–Crippen LogP) is 4.14. The molecule has 0 atom stereocenters. The first kappa shape index (κ1) is 24.5. The summed E-state index contributed by atoms with van der Waals surface area (Å²) >= 11 is 6.19. The minimum atomic E-state index is -0.793. The van der Waals surface area contributed by atoms with Crippen molar-refractivity contribution < 1.29 is 33.4 Å². The van der Waals surface area contributed by atoms with Gasteiger partial charge in [-0.2, -0.15) is 0 Å². The first-order valence-corrected chi connectivity index (χ1v) is 10.9.